The highest BCUT2D eigenvalue weighted by molar-refractivity contribution is 7.26. The average molecular weight is 609 g/mol. The zero-order chi connectivity index (χ0) is 30.9. The largest absolute Gasteiger partial charge is 0.539 e. The third-order valence-electron chi connectivity index (χ3n) is 8.55. The molecule has 0 unspecified atom stereocenters. The smallest absolute Gasteiger partial charge is 0.504 e. The Hall–Kier alpha value is -5.42. The van der Waals surface area contributed by atoms with Crippen molar-refractivity contribution in [1.29, 1.82) is 0 Å². The molecule has 0 fully saturated rings. The van der Waals surface area contributed by atoms with E-state index in [0.29, 0.717) is 5.75 Å². The van der Waals surface area contributed by atoms with Gasteiger partial charge in [0.15, 0.2) is 0 Å². The van der Waals surface area contributed by atoms with E-state index in [0.717, 1.165) is 16.7 Å². The molecule has 0 spiro atoms. The molecule has 46 heavy (non-hydrogen) atoms. The number of fused-ring (bicyclic) bond motifs is 3. The quantitative estimate of drug-likeness (QED) is 0.182. The summed E-state index contributed by atoms with van der Waals surface area (Å²) < 4.78 is 7.96. The van der Waals surface area contributed by atoms with E-state index in [9.17, 15) is 5.02 Å². The number of hydrogen-bond acceptors (Lipinski definition) is 3. The van der Waals surface area contributed by atoms with Gasteiger partial charge in [-0.05, 0) is 98.6 Å². The molecule has 1 heterocycles. The maximum atomic E-state index is 9.44. The Kier molecular flexibility index (Phi) is 7.43. The summed E-state index contributed by atoms with van der Waals surface area (Å²) in [6, 6.07) is 58.1. The van der Waals surface area contributed by atoms with Crippen LogP contribution in [0.25, 0.3) is 75.8 Å². The first kappa shape index (κ1) is 28.1. The molecule has 2 nitrogen and oxygen atoms in total. The van der Waals surface area contributed by atoms with Gasteiger partial charge < -0.3 is 9.68 Å². The van der Waals surface area contributed by atoms with Crippen LogP contribution in [0.3, 0.4) is 0 Å². The highest BCUT2D eigenvalue weighted by Crippen LogP contribution is 2.44. The molecule has 218 valence electrons. The molecular weight excluding hydrogens is 579 g/mol. The van der Waals surface area contributed by atoms with Gasteiger partial charge in [0.05, 0.1) is 0 Å². The SMILES string of the molecule is OBOc1cccc(-c2cc(-c3cccc(-c4ccccc4)c3)cc3c2sc2ccc(-c4cccc(-c5ccccc5)c4)cc23)c1. The van der Waals surface area contributed by atoms with Gasteiger partial charge >= 0.3 is 7.69 Å². The highest BCUT2D eigenvalue weighted by atomic mass is 32.1. The van der Waals surface area contributed by atoms with Crippen LogP contribution >= 0.6 is 11.3 Å². The van der Waals surface area contributed by atoms with E-state index < -0.39 is 0 Å². The molecule has 0 saturated heterocycles. The lowest BCUT2D eigenvalue weighted by molar-refractivity contribution is 0.454. The van der Waals surface area contributed by atoms with Gasteiger partial charge in [0.2, 0.25) is 0 Å². The van der Waals surface area contributed by atoms with Crippen LogP contribution in [0.5, 0.6) is 5.75 Å². The lowest BCUT2D eigenvalue weighted by atomic mass is 9.93. The molecule has 8 rings (SSSR count). The summed E-state index contributed by atoms with van der Waals surface area (Å²) in [6.45, 7) is 0. The van der Waals surface area contributed by atoms with Crippen LogP contribution in [0.15, 0.2) is 164 Å². The molecule has 7 aromatic carbocycles. The Morgan fingerprint density at radius 3 is 1.59 bits per heavy atom. The van der Waals surface area contributed by atoms with Gasteiger partial charge in [-0.3, -0.25) is 0 Å². The normalized spacial score (nSPS) is 11.2. The van der Waals surface area contributed by atoms with Gasteiger partial charge in [0, 0.05) is 25.7 Å². The van der Waals surface area contributed by atoms with Crippen molar-refractivity contribution in [1.82, 2.24) is 0 Å². The minimum Gasteiger partial charge on any atom is -0.539 e. The lowest BCUT2D eigenvalue weighted by Crippen LogP contribution is -1.99. The molecule has 0 atom stereocenters. The number of thiophene rings is 1. The Labute approximate surface area is 273 Å². The van der Waals surface area contributed by atoms with Crippen LogP contribution in [0.2, 0.25) is 0 Å². The number of rotatable bonds is 7. The van der Waals surface area contributed by atoms with Crippen LogP contribution in [-0.4, -0.2) is 12.7 Å². The summed E-state index contributed by atoms with van der Waals surface area (Å²) in [6.07, 6.45) is 0. The summed E-state index contributed by atoms with van der Waals surface area (Å²) in [5.74, 6) is 0.645. The average Bonchev–Trinajstić information content (AvgIpc) is 3.50. The van der Waals surface area contributed by atoms with Crippen molar-refractivity contribution in [2.24, 2.45) is 0 Å². The molecule has 0 saturated carbocycles. The van der Waals surface area contributed by atoms with Crippen molar-refractivity contribution in [3.05, 3.63) is 164 Å². The number of benzene rings is 7. The predicted molar refractivity (Wildman–Crippen MR) is 197 cm³/mol. The Bertz CT molecular complexity index is 2330. The minimum atomic E-state index is -0.359. The summed E-state index contributed by atoms with van der Waals surface area (Å²) in [7, 11) is -0.359. The van der Waals surface area contributed by atoms with Gasteiger partial charge in [0.1, 0.15) is 5.75 Å². The molecule has 4 heteroatoms. The molecule has 0 aliphatic carbocycles. The first-order valence-electron chi connectivity index (χ1n) is 15.4. The van der Waals surface area contributed by atoms with E-state index in [1.54, 1.807) is 0 Å². The second-order valence-electron chi connectivity index (χ2n) is 11.4. The Balaban J connectivity index is 1.32. The van der Waals surface area contributed by atoms with Crippen LogP contribution in [0, 0.1) is 0 Å². The van der Waals surface area contributed by atoms with Crippen molar-refractivity contribution < 1.29 is 9.68 Å². The van der Waals surface area contributed by atoms with E-state index in [1.165, 1.54) is 59.1 Å². The molecular formula is C42H29BO2S. The molecule has 1 aromatic heterocycles. The summed E-state index contributed by atoms with van der Waals surface area (Å²) in [5, 5.41) is 11.9. The van der Waals surface area contributed by atoms with Crippen molar-refractivity contribution in [2.45, 2.75) is 0 Å². The molecule has 0 radical (unpaired) electrons. The lowest BCUT2D eigenvalue weighted by Gasteiger charge is -2.12. The number of hydrogen-bond donors (Lipinski definition) is 1. The second-order valence-corrected chi connectivity index (χ2v) is 12.5. The van der Waals surface area contributed by atoms with Gasteiger partial charge in [-0.1, -0.05) is 115 Å². The highest BCUT2D eigenvalue weighted by Gasteiger charge is 2.16. The van der Waals surface area contributed by atoms with Crippen molar-refractivity contribution in [3.8, 4) is 61.4 Å². The molecule has 0 aliphatic rings. The summed E-state index contributed by atoms with van der Waals surface area (Å²) in [5.41, 5.74) is 11.7. The van der Waals surface area contributed by atoms with Crippen molar-refractivity contribution >= 4 is 39.2 Å². The fraction of sp³-hybridized carbons (Fsp3) is 0. The first-order valence-corrected chi connectivity index (χ1v) is 16.2. The Morgan fingerprint density at radius 1 is 0.413 bits per heavy atom. The Morgan fingerprint density at radius 2 is 0.935 bits per heavy atom. The van der Waals surface area contributed by atoms with Crippen LogP contribution in [0.4, 0.5) is 0 Å². The molecule has 1 N–H and O–H groups in total. The van der Waals surface area contributed by atoms with E-state index in [1.807, 2.05) is 29.5 Å². The molecule has 8 aromatic rings. The van der Waals surface area contributed by atoms with E-state index in [-0.39, 0.29) is 7.69 Å². The van der Waals surface area contributed by atoms with E-state index >= 15 is 0 Å². The maximum Gasteiger partial charge on any atom is 0.504 e. The standard InChI is InChI=1S/C42H29BO2S/c44-43-45-37-19-9-18-35(24-37)38-26-36(33-17-8-15-31(23-33)29-12-5-2-6-13-29)27-40-39-25-34(20-21-41(39)46-42(38)40)32-16-7-14-30(22-32)28-10-3-1-4-11-28/h1-27,43-44H. The van der Waals surface area contributed by atoms with Crippen molar-refractivity contribution in [3.63, 3.8) is 0 Å². The minimum absolute atomic E-state index is 0.359. The maximum absolute atomic E-state index is 9.44. The van der Waals surface area contributed by atoms with Crippen LogP contribution < -0.4 is 4.65 Å². The fourth-order valence-electron chi connectivity index (χ4n) is 6.28. The van der Waals surface area contributed by atoms with Gasteiger partial charge in [-0.25, -0.2) is 0 Å². The monoisotopic (exact) mass is 608 g/mol. The molecule has 0 aliphatic heterocycles. The van der Waals surface area contributed by atoms with Crippen LogP contribution in [0.1, 0.15) is 0 Å². The topological polar surface area (TPSA) is 29.5 Å². The van der Waals surface area contributed by atoms with E-state index in [4.69, 9.17) is 4.65 Å². The zero-order valence-corrected chi connectivity index (χ0v) is 25.9. The van der Waals surface area contributed by atoms with E-state index in [2.05, 4.69) is 146 Å². The third kappa shape index (κ3) is 5.39. The summed E-state index contributed by atoms with van der Waals surface area (Å²) >= 11 is 1.82. The summed E-state index contributed by atoms with van der Waals surface area (Å²) in [4.78, 5) is 0. The molecule has 0 bridgehead atoms. The van der Waals surface area contributed by atoms with Gasteiger partial charge in [-0.2, -0.15) is 0 Å². The van der Waals surface area contributed by atoms with Crippen LogP contribution in [-0.2, 0) is 0 Å². The zero-order valence-electron chi connectivity index (χ0n) is 25.1. The van der Waals surface area contributed by atoms with Gasteiger partial charge in [0.25, 0.3) is 0 Å². The van der Waals surface area contributed by atoms with Crippen molar-refractivity contribution in [2.75, 3.05) is 0 Å². The first-order chi connectivity index (χ1) is 22.7. The molecule has 0 amide bonds. The fourth-order valence-corrected chi connectivity index (χ4v) is 7.49. The second kappa shape index (κ2) is 12.2. The van der Waals surface area contributed by atoms with Gasteiger partial charge in [-0.15, -0.1) is 11.3 Å². The third-order valence-corrected chi connectivity index (χ3v) is 9.77. The predicted octanol–water partition coefficient (Wildman–Crippen LogP) is 11.0.